The maximum absolute atomic E-state index is 4.24. The molecule has 1 aliphatic heterocycles. The molecule has 0 aliphatic carbocycles. The molecule has 3 rings (SSSR count). The van der Waals surface area contributed by atoms with E-state index in [1.165, 1.54) is 12.1 Å². The van der Waals surface area contributed by atoms with Crippen molar-refractivity contribution in [2.45, 2.75) is 18.9 Å². The molecule has 0 saturated carbocycles. The first-order valence-corrected chi connectivity index (χ1v) is 7.19. The molecule has 0 unspecified atom stereocenters. The van der Waals surface area contributed by atoms with Crippen molar-refractivity contribution in [1.29, 1.82) is 0 Å². The Morgan fingerprint density at radius 3 is 2.90 bits per heavy atom. The van der Waals surface area contributed by atoms with Crippen LogP contribution in [0.3, 0.4) is 0 Å². The highest BCUT2D eigenvalue weighted by Gasteiger charge is 2.21. The topological polar surface area (TPSA) is 46.0 Å². The number of anilines is 1. The molecule has 0 amide bonds. The number of benzene rings is 1. The Balaban J connectivity index is 1.45. The maximum Gasteiger partial charge on any atom is 0.138 e. The van der Waals surface area contributed by atoms with Crippen LogP contribution in [0.25, 0.3) is 0 Å². The predicted molar refractivity (Wildman–Crippen MR) is 79.8 cm³/mol. The van der Waals surface area contributed by atoms with Crippen LogP contribution in [0.5, 0.6) is 0 Å². The minimum atomic E-state index is 0.573. The SMILES string of the molecule is Cn1ncnc1CCN[C@@H]1CCN(c2ccccc2)C1. The van der Waals surface area contributed by atoms with Crippen LogP contribution in [0, 0.1) is 0 Å². The van der Waals surface area contributed by atoms with E-state index in [1.54, 1.807) is 6.33 Å². The zero-order valence-electron chi connectivity index (χ0n) is 11.9. The highest BCUT2D eigenvalue weighted by molar-refractivity contribution is 5.47. The normalized spacial score (nSPS) is 18.6. The summed E-state index contributed by atoms with van der Waals surface area (Å²) in [5, 5.41) is 7.71. The summed E-state index contributed by atoms with van der Waals surface area (Å²) in [6, 6.07) is 11.2. The molecule has 0 spiro atoms. The molecule has 1 aliphatic rings. The third-order valence-corrected chi connectivity index (χ3v) is 3.90. The number of nitrogens with zero attached hydrogens (tertiary/aromatic N) is 4. The number of nitrogens with one attached hydrogen (secondary N) is 1. The van der Waals surface area contributed by atoms with Gasteiger partial charge in [0.25, 0.3) is 0 Å². The highest BCUT2D eigenvalue weighted by Crippen LogP contribution is 2.19. The number of hydrogen-bond donors (Lipinski definition) is 1. The molecule has 2 heterocycles. The lowest BCUT2D eigenvalue weighted by Gasteiger charge is -2.18. The van der Waals surface area contributed by atoms with E-state index in [0.717, 1.165) is 31.9 Å². The summed E-state index contributed by atoms with van der Waals surface area (Å²) in [5.74, 6) is 1.04. The highest BCUT2D eigenvalue weighted by atomic mass is 15.3. The number of aromatic nitrogens is 3. The lowest BCUT2D eigenvalue weighted by molar-refractivity contribution is 0.541. The summed E-state index contributed by atoms with van der Waals surface area (Å²) in [4.78, 5) is 6.69. The van der Waals surface area contributed by atoms with E-state index < -0.39 is 0 Å². The molecule has 1 aromatic heterocycles. The smallest absolute Gasteiger partial charge is 0.138 e. The van der Waals surface area contributed by atoms with E-state index in [9.17, 15) is 0 Å². The predicted octanol–water partition coefficient (Wildman–Crippen LogP) is 1.23. The van der Waals surface area contributed by atoms with Crippen LogP contribution in [0.2, 0.25) is 0 Å². The fraction of sp³-hybridized carbons (Fsp3) is 0.467. The molecule has 106 valence electrons. The third kappa shape index (κ3) is 2.99. The van der Waals surface area contributed by atoms with Crippen molar-refractivity contribution in [3.8, 4) is 0 Å². The van der Waals surface area contributed by atoms with Crippen LogP contribution < -0.4 is 10.2 Å². The second-order valence-electron chi connectivity index (χ2n) is 5.27. The van der Waals surface area contributed by atoms with Crippen molar-refractivity contribution in [3.63, 3.8) is 0 Å². The molecule has 0 bridgehead atoms. The molecule has 1 aromatic carbocycles. The van der Waals surface area contributed by atoms with Crippen LogP contribution in [-0.2, 0) is 13.5 Å². The maximum atomic E-state index is 4.24. The molecule has 1 saturated heterocycles. The number of hydrogen-bond acceptors (Lipinski definition) is 4. The summed E-state index contributed by atoms with van der Waals surface area (Å²) < 4.78 is 1.84. The summed E-state index contributed by atoms with van der Waals surface area (Å²) in [6.07, 6.45) is 3.74. The Morgan fingerprint density at radius 1 is 1.30 bits per heavy atom. The Kier molecular flexibility index (Phi) is 3.97. The largest absolute Gasteiger partial charge is 0.370 e. The van der Waals surface area contributed by atoms with Crippen molar-refractivity contribution in [2.24, 2.45) is 7.05 Å². The van der Waals surface area contributed by atoms with Gasteiger partial charge in [0.05, 0.1) is 0 Å². The lowest BCUT2D eigenvalue weighted by Crippen LogP contribution is -2.34. The Morgan fingerprint density at radius 2 is 2.15 bits per heavy atom. The first-order chi connectivity index (χ1) is 9.83. The van der Waals surface area contributed by atoms with Crippen LogP contribution in [0.15, 0.2) is 36.7 Å². The van der Waals surface area contributed by atoms with Gasteiger partial charge in [0.1, 0.15) is 12.2 Å². The number of para-hydroxylation sites is 1. The molecule has 1 atom stereocenters. The standard InChI is InChI=1S/C15H21N5/c1-19-15(17-12-18-19)7-9-16-13-8-10-20(11-13)14-5-3-2-4-6-14/h2-6,12-13,16H,7-11H2,1H3/t13-/m1/s1. The molecule has 1 fully saturated rings. The quantitative estimate of drug-likeness (QED) is 0.888. The van der Waals surface area contributed by atoms with Gasteiger partial charge in [-0.05, 0) is 18.6 Å². The lowest BCUT2D eigenvalue weighted by atomic mass is 10.2. The van der Waals surface area contributed by atoms with Crippen LogP contribution in [0.1, 0.15) is 12.2 Å². The van der Waals surface area contributed by atoms with Gasteiger partial charge in [0, 0.05) is 44.8 Å². The molecule has 1 N–H and O–H groups in total. The number of aryl methyl sites for hydroxylation is 1. The van der Waals surface area contributed by atoms with Crippen molar-refractivity contribution in [2.75, 3.05) is 24.5 Å². The summed E-state index contributed by atoms with van der Waals surface area (Å²) in [7, 11) is 1.94. The molecular formula is C15H21N5. The van der Waals surface area contributed by atoms with Crippen molar-refractivity contribution < 1.29 is 0 Å². The molecule has 2 aromatic rings. The Bertz CT molecular complexity index is 536. The molecule has 20 heavy (non-hydrogen) atoms. The first kappa shape index (κ1) is 13.1. The second kappa shape index (κ2) is 6.05. The monoisotopic (exact) mass is 271 g/mol. The van der Waals surface area contributed by atoms with Crippen molar-refractivity contribution in [3.05, 3.63) is 42.5 Å². The zero-order valence-corrected chi connectivity index (χ0v) is 11.9. The van der Waals surface area contributed by atoms with Gasteiger partial charge in [-0.15, -0.1) is 0 Å². The van der Waals surface area contributed by atoms with E-state index >= 15 is 0 Å². The fourth-order valence-electron chi connectivity index (χ4n) is 2.73. The third-order valence-electron chi connectivity index (χ3n) is 3.90. The molecule has 0 radical (unpaired) electrons. The van der Waals surface area contributed by atoms with Crippen LogP contribution >= 0.6 is 0 Å². The van der Waals surface area contributed by atoms with Gasteiger partial charge in [-0.25, -0.2) is 4.98 Å². The van der Waals surface area contributed by atoms with Gasteiger partial charge in [-0.2, -0.15) is 5.10 Å². The van der Waals surface area contributed by atoms with Gasteiger partial charge in [0.2, 0.25) is 0 Å². The fourth-order valence-corrected chi connectivity index (χ4v) is 2.73. The minimum absolute atomic E-state index is 0.573. The van der Waals surface area contributed by atoms with Crippen LogP contribution in [-0.4, -0.2) is 40.4 Å². The molecule has 5 nitrogen and oxygen atoms in total. The van der Waals surface area contributed by atoms with Gasteiger partial charge in [-0.1, -0.05) is 18.2 Å². The van der Waals surface area contributed by atoms with E-state index in [-0.39, 0.29) is 0 Å². The second-order valence-corrected chi connectivity index (χ2v) is 5.27. The number of rotatable bonds is 5. The van der Waals surface area contributed by atoms with E-state index in [2.05, 4.69) is 50.6 Å². The van der Waals surface area contributed by atoms with E-state index in [1.807, 2.05) is 11.7 Å². The van der Waals surface area contributed by atoms with Crippen LogP contribution in [0.4, 0.5) is 5.69 Å². The van der Waals surface area contributed by atoms with Gasteiger partial charge >= 0.3 is 0 Å². The van der Waals surface area contributed by atoms with Crippen molar-refractivity contribution in [1.82, 2.24) is 20.1 Å². The first-order valence-electron chi connectivity index (χ1n) is 7.19. The average Bonchev–Trinajstić information content (AvgIpc) is 3.10. The van der Waals surface area contributed by atoms with Gasteiger partial charge in [-0.3, -0.25) is 4.68 Å². The zero-order chi connectivity index (χ0) is 13.8. The summed E-state index contributed by atoms with van der Waals surface area (Å²) >= 11 is 0. The van der Waals surface area contributed by atoms with Gasteiger partial charge in [0.15, 0.2) is 0 Å². The molecule has 5 heteroatoms. The molecular weight excluding hydrogens is 250 g/mol. The van der Waals surface area contributed by atoms with E-state index in [4.69, 9.17) is 0 Å². The average molecular weight is 271 g/mol. The van der Waals surface area contributed by atoms with Crippen molar-refractivity contribution >= 4 is 5.69 Å². The summed E-state index contributed by atoms with van der Waals surface area (Å²) in [6.45, 7) is 3.17. The Labute approximate surface area is 119 Å². The Hall–Kier alpha value is -1.88. The summed E-state index contributed by atoms with van der Waals surface area (Å²) in [5.41, 5.74) is 1.32. The van der Waals surface area contributed by atoms with E-state index in [0.29, 0.717) is 6.04 Å². The van der Waals surface area contributed by atoms with Gasteiger partial charge < -0.3 is 10.2 Å². The minimum Gasteiger partial charge on any atom is -0.370 e.